The van der Waals surface area contributed by atoms with Crippen LogP contribution in [0.4, 0.5) is 13.6 Å². The number of halogens is 2. The Kier molecular flexibility index (Phi) is 8.82. The number of carbonyl (C=O) groups is 1. The van der Waals surface area contributed by atoms with Crippen LogP contribution in [-0.4, -0.2) is 60.3 Å². The van der Waals surface area contributed by atoms with Crippen molar-refractivity contribution in [3.05, 3.63) is 100 Å². The van der Waals surface area contributed by atoms with Crippen LogP contribution in [0.15, 0.2) is 76.4 Å². The largest absolute Gasteiger partial charge is 0.444 e. The second kappa shape index (κ2) is 12.4. The van der Waals surface area contributed by atoms with Gasteiger partial charge in [-0.15, -0.1) is 0 Å². The number of hydrogen-bond acceptors (Lipinski definition) is 7. The van der Waals surface area contributed by atoms with Gasteiger partial charge >= 0.3 is 6.09 Å². The van der Waals surface area contributed by atoms with Gasteiger partial charge < -0.3 is 14.8 Å². The van der Waals surface area contributed by atoms with Crippen molar-refractivity contribution in [2.24, 2.45) is 0 Å². The van der Waals surface area contributed by atoms with Crippen molar-refractivity contribution in [2.75, 3.05) is 26.3 Å². The Morgan fingerprint density at radius 1 is 1.02 bits per heavy atom. The number of nitrogens with zero attached hydrogens (tertiary/aromatic N) is 3. The highest BCUT2D eigenvalue weighted by Crippen LogP contribution is 2.25. The minimum atomic E-state index is -3.81. The van der Waals surface area contributed by atoms with E-state index in [1.165, 1.54) is 33.1 Å². The molecule has 2 heterocycles. The number of ether oxygens (including phenoxy) is 2. The van der Waals surface area contributed by atoms with Crippen molar-refractivity contribution in [1.82, 2.24) is 19.2 Å². The van der Waals surface area contributed by atoms with Crippen LogP contribution in [0.5, 0.6) is 0 Å². The van der Waals surface area contributed by atoms with E-state index in [-0.39, 0.29) is 46.9 Å². The van der Waals surface area contributed by atoms with Gasteiger partial charge in [0.2, 0.25) is 10.0 Å². The number of fused-ring (bicyclic) bond motifs is 1. The molecule has 5 rings (SSSR count). The van der Waals surface area contributed by atoms with Gasteiger partial charge in [0.05, 0.1) is 40.7 Å². The predicted octanol–water partition coefficient (Wildman–Crippen LogP) is 4.49. The van der Waals surface area contributed by atoms with E-state index in [9.17, 15) is 26.8 Å². The van der Waals surface area contributed by atoms with Crippen molar-refractivity contribution in [1.29, 1.82) is 0 Å². The minimum absolute atomic E-state index is 0.0326. The van der Waals surface area contributed by atoms with E-state index in [0.29, 0.717) is 18.7 Å². The Morgan fingerprint density at radius 2 is 1.66 bits per heavy atom. The Morgan fingerprint density at radius 3 is 2.30 bits per heavy atom. The summed E-state index contributed by atoms with van der Waals surface area (Å²) in [4.78, 5) is 31.7. The smallest absolute Gasteiger partial charge is 0.408 e. The number of rotatable bonds is 7. The molecule has 1 aliphatic heterocycles. The highest BCUT2D eigenvalue weighted by atomic mass is 32.2. The number of carbonyl (C=O) groups excluding carboxylic acids is 1. The lowest BCUT2D eigenvalue weighted by atomic mass is 10.0. The number of amides is 1. The third-order valence-corrected chi connectivity index (χ3v) is 8.78. The van der Waals surface area contributed by atoms with Crippen molar-refractivity contribution in [3.8, 4) is 5.69 Å². The molecule has 1 fully saturated rings. The molecule has 10 nitrogen and oxygen atoms in total. The minimum Gasteiger partial charge on any atom is -0.444 e. The van der Waals surface area contributed by atoms with E-state index in [1.807, 2.05) is 0 Å². The van der Waals surface area contributed by atoms with Crippen LogP contribution in [0.25, 0.3) is 16.6 Å². The van der Waals surface area contributed by atoms with Crippen LogP contribution in [0, 0.1) is 11.6 Å². The van der Waals surface area contributed by atoms with Crippen molar-refractivity contribution in [3.63, 3.8) is 0 Å². The van der Waals surface area contributed by atoms with Crippen molar-refractivity contribution in [2.45, 2.75) is 43.7 Å². The standard InChI is InChI=1S/C31H32F2N4O6S/c1-31(2,3)43-30(39)35-27(18-20-16-21(32)19-22(33)17-20)28-34-26-7-5-4-6-25(26)29(38)37(28)23-8-10-24(11-9-23)44(40,41)36-12-14-42-15-13-36/h4-11,16-17,19,27H,12-15,18H2,1-3H3,(H,35,39)/t27-/m0/s1. The number of hydrogen-bond donors (Lipinski definition) is 1. The molecule has 0 radical (unpaired) electrons. The lowest BCUT2D eigenvalue weighted by Gasteiger charge is -2.26. The van der Waals surface area contributed by atoms with Crippen LogP contribution in [0.2, 0.25) is 0 Å². The number of nitrogens with one attached hydrogen (secondary N) is 1. The summed E-state index contributed by atoms with van der Waals surface area (Å²) < 4.78 is 68.1. The predicted molar refractivity (Wildman–Crippen MR) is 159 cm³/mol. The van der Waals surface area contributed by atoms with E-state index in [0.717, 1.165) is 18.2 Å². The van der Waals surface area contributed by atoms with Gasteiger partial charge in [-0.1, -0.05) is 12.1 Å². The maximum atomic E-state index is 14.2. The number of sulfonamides is 1. The molecule has 0 spiro atoms. The molecule has 0 saturated carbocycles. The molecule has 13 heteroatoms. The SMILES string of the molecule is CC(C)(C)OC(=O)N[C@@H](Cc1cc(F)cc(F)c1)c1nc2ccccc2c(=O)n1-c1ccc(S(=O)(=O)N2CCOCC2)cc1. The molecule has 1 saturated heterocycles. The van der Waals surface area contributed by atoms with Gasteiger partial charge in [0.25, 0.3) is 5.56 Å². The molecule has 44 heavy (non-hydrogen) atoms. The van der Waals surface area contributed by atoms with E-state index in [2.05, 4.69) is 5.32 Å². The molecule has 232 valence electrons. The summed E-state index contributed by atoms with van der Waals surface area (Å²) in [5.74, 6) is -1.57. The second-order valence-corrected chi connectivity index (χ2v) is 13.3. The van der Waals surface area contributed by atoms with E-state index >= 15 is 0 Å². The second-order valence-electron chi connectivity index (χ2n) is 11.3. The quantitative estimate of drug-likeness (QED) is 0.321. The number of morpholine rings is 1. The summed E-state index contributed by atoms with van der Waals surface area (Å²) in [7, 11) is -3.81. The summed E-state index contributed by atoms with van der Waals surface area (Å²) in [5.41, 5.74) is -0.555. The summed E-state index contributed by atoms with van der Waals surface area (Å²) >= 11 is 0. The first-order valence-corrected chi connectivity index (χ1v) is 15.4. The van der Waals surface area contributed by atoms with Crippen LogP contribution < -0.4 is 10.9 Å². The topological polar surface area (TPSA) is 120 Å². The molecule has 1 aromatic heterocycles. The Hall–Kier alpha value is -4.20. The van der Waals surface area contributed by atoms with E-state index in [1.54, 1.807) is 45.0 Å². The number of benzene rings is 3. The fourth-order valence-corrected chi connectivity index (χ4v) is 6.37. The molecule has 1 amide bonds. The van der Waals surface area contributed by atoms with Crippen molar-refractivity contribution >= 4 is 27.0 Å². The third kappa shape index (κ3) is 6.95. The molecular formula is C31H32F2N4O6S. The average Bonchev–Trinajstić information content (AvgIpc) is 2.96. The van der Waals surface area contributed by atoms with E-state index < -0.39 is 45.0 Å². The Balaban J connectivity index is 1.64. The molecule has 0 unspecified atom stereocenters. The molecule has 0 aliphatic carbocycles. The Bertz CT molecular complexity index is 1830. The highest BCUT2D eigenvalue weighted by molar-refractivity contribution is 7.89. The first-order valence-electron chi connectivity index (χ1n) is 14.0. The lowest BCUT2D eigenvalue weighted by molar-refractivity contribution is 0.0500. The zero-order valence-corrected chi connectivity index (χ0v) is 25.2. The number of alkyl carbamates (subject to hydrolysis) is 1. The van der Waals surface area contributed by atoms with Crippen LogP contribution >= 0.6 is 0 Å². The van der Waals surface area contributed by atoms with Gasteiger partial charge in [-0.3, -0.25) is 9.36 Å². The fraction of sp³-hybridized carbons (Fsp3) is 0.323. The normalized spacial score (nSPS) is 15.2. The molecule has 4 aromatic rings. The zero-order valence-electron chi connectivity index (χ0n) is 24.4. The monoisotopic (exact) mass is 626 g/mol. The van der Waals surface area contributed by atoms with Crippen LogP contribution in [-0.2, 0) is 25.9 Å². The summed E-state index contributed by atoms with van der Waals surface area (Å²) in [6.07, 6.45) is -0.984. The fourth-order valence-electron chi connectivity index (χ4n) is 4.96. The third-order valence-electron chi connectivity index (χ3n) is 6.87. The van der Waals surface area contributed by atoms with Gasteiger partial charge in [-0.2, -0.15) is 4.31 Å². The van der Waals surface area contributed by atoms with Gasteiger partial charge in [0.15, 0.2) is 0 Å². The van der Waals surface area contributed by atoms with Gasteiger partial charge in [0.1, 0.15) is 23.1 Å². The van der Waals surface area contributed by atoms with Crippen LogP contribution in [0.1, 0.15) is 38.2 Å². The van der Waals surface area contributed by atoms with Gasteiger partial charge in [-0.05, 0) is 74.9 Å². The molecule has 1 N–H and O–H groups in total. The molecule has 0 bridgehead atoms. The van der Waals surface area contributed by atoms with Crippen molar-refractivity contribution < 1.29 is 31.5 Å². The number of aromatic nitrogens is 2. The highest BCUT2D eigenvalue weighted by Gasteiger charge is 2.28. The maximum Gasteiger partial charge on any atom is 0.408 e. The lowest BCUT2D eigenvalue weighted by Crippen LogP contribution is -2.40. The molecule has 1 atom stereocenters. The van der Waals surface area contributed by atoms with E-state index in [4.69, 9.17) is 14.5 Å². The summed E-state index contributed by atoms with van der Waals surface area (Å²) in [6, 6.07) is 14.2. The van der Waals surface area contributed by atoms with Gasteiger partial charge in [0, 0.05) is 25.6 Å². The first-order chi connectivity index (χ1) is 20.8. The summed E-state index contributed by atoms with van der Waals surface area (Å²) in [6.45, 7) is 6.07. The summed E-state index contributed by atoms with van der Waals surface area (Å²) in [5, 5.41) is 2.99. The molecular weight excluding hydrogens is 594 g/mol. The number of para-hydroxylation sites is 1. The zero-order chi connectivity index (χ0) is 31.6. The van der Waals surface area contributed by atoms with Crippen LogP contribution in [0.3, 0.4) is 0 Å². The average molecular weight is 627 g/mol. The molecule has 1 aliphatic rings. The first kappa shape index (κ1) is 31.2. The Labute approximate surface area is 253 Å². The maximum absolute atomic E-state index is 14.2. The van der Waals surface area contributed by atoms with Gasteiger partial charge in [-0.25, -0.2) is 27.0 Å². The molecule has 3 aromatic carbocycles.